The lowest BCUT2D eigenvalue weighted by atomic mass is 10.1. The summed E-state index contributed by atoms with van der Waals surface area (Å²) in [4.78, 5) is 0. The van der Waals surface area contributed by atoms with Crippen molar-refractivity contribution in [2.24, 2.45) is 0 Å². The number of hydrogen-bond donors (Lipinski definition) is 3. The van der Waals surface area contributed by atoms with E-state index in [1.165, 1.54) is 5.56 Å². The van der Waals surface area contributed by atoms with Crippen LogP contribution in [0.1, 0.15) is 18.9 Å². The van der Waals surface area contributed by atoms with Crippen LogP contribution in [-0.4, -0.2) is 23.4 Å². The molecule has 0 amide bonds. The van der Waals surface area contributed by atoms with Crippen molar-refractivity contribution >= 4 is 23.0 Å². The standard InChI is InChI=1S/C12H18N2OS/c1-2-3-10-4-6-11(7-5-10)14-12(16)13-8-9-15/h4-7,15H,2-3,8-9H2,1H3,(H2,13,14,16). The van der Waals surface area contributed by atoms with Gasteiger partial charge in [-0.2, -0.15) is 0 Å². The molecular weight excluding hydrogens is 220 g/mol. The van der Waals surface area contributed by atoms with Crippen molar-refractivity contribution in [2.75, 3.05) is 18.5 Å². The summed E-state index contributed by atoms with van der Waals surface area (Å²) in [6.07, 6.45) is 2.26. The first kappa shape index (κ1) is 12.9. The average molecular weight is 238 g/mol. The van der Waals surface area contributed by atoms with Gasteiger partial charge in [0.2, 0.25) is 0 Å². The fourth-order valence-electron chi connectivity index (χ4n) is 1.39. The van der Waals surface area contributed by atoms with Crippen molar-refractivity contribution in [3.63, 3.8) is 0 Å². The van der Waals surface area contributed by atoms with Crippen LogP contribution in [0, 0.1) is 0 Å². The van der Waals surface area contributed by atoms with Crippen LogP contribution in [0.3, 0.4) is 0 Å². The molecule has 0 aromatic heterocycles. The summed E-state index contributed by atoms with van der Waals surface area (Å²) in [6, 6.07) is 8.22. The Morgan fingerprint density at radius 1 is 1.31 bits per heavy atom. The van der Waals surface area contributed by atoms with Gasteiger partial charge < -0.3 is 15.7 Å². The van der Waals surface area contributed by atoms with E-state index in [0.29, 0.717) is 11.7 Å². The maximum absolute atomic E-state index is 8.63. The Morgan fingerprint density at radius 2 is 2.00 bits per heavy atom. The molecule has 0 unspecified atom stereocenters. The molecule has 0 aliphatic carbocycles. The highest BCUT2D eigenvalue weighted by molar-refractivity contribution is 7.80. The van der Waals surface area contributed by atoms with Crippen LogP contribution in [0.4, 0.5) is 5.69 Å². The van der Waals surface area contributed by atoms with Crippen LogP contribution in [-0.2, 0) is 6.42 Å². The zero-order chi connectivity index (χ0) is 11.8. The third-order valence-corrected chi connectivity index (χ3v) is 2.39. The average Bonchev–Trinajstić information content (AvgIpc) is 2.29. The van der Waals surface area contributed by atoms with E-state index in [1.54, 1.807) is 0 Å². The van der Waals surface area contributed by atoms with Crippen molar-refractivity contribution in [3.05, 3.63) is 29.8 Å². The Hall–Kier alpha value is -1.13. The third-order valence-electron chi connectivity index (χ3n) is 2.15. The molecule has 0 radical (unpaired) electrons. The molecule has 88 valence electrons. The van der Waals surface area contributed by atoms with E-state index < -0.39 is 0 Å². The van der Waals surface area contributed by atoms with Crippen molar-refractivity contribution in [1.82, 2.24) is 5.32 Å². The SMILES string of the molecule is CCCc1ccc(NC(=S)NCCO)cc1. The minimum absolute atomic E-state index is 0.0806. The highest BCUT2D eigenvalue weighted by Gasteiger charge is 1.97. The Morgan fingerprint density at radius 3 is 2.56 bits per heavy atom. The molecule has 0 aliphatic rings. The summed E-state index contributed by atoms with van der Waals surface area (Å²) in [5.74, 6) is 0. The Bertz CT molecular complexity index is 324. The fraction of sp³-hybridized carbons (Fsp3) is 0.417. The van der Waals surface area contributed by atoms with Crippen molar-refractivity contribution in [1.29, 1.82) is 0 Å². The molecule has 0 bridgehead atoms. The number of aliphatic hydroxyl groups is 1. The van der Waals surface area contributed by atoms with Crippen LogP contribution in [0.5, 0.6) is 0 Å². The van der Waals surface area contributed by atoms with Crippen molar-refractivity contribution in [3.8, 4) is 0 Å². The quantitative estimate of drug-likeness (QED) is 0.686. The first-order chi connectivity index (χ1) is 7.76. The van der Waals surface area contributed by atoms with E-state index in [-0.39, 0.29) is 6.61 Å². The predicted molar refractivity (Wildman–Crippen MR) is 71.7 cm³/mol. The first-order valence-electron chi connectivity index (χ1n) is 5.51. The zero-order valence-electron chi connectivity index (χ0n) is 9.49. The molecule has 0 atom stereocenters. The van der Waals surface area contributed by atoms with Gasteiger partial charge in [0.05, 0.1) is 6.61 Å². The number of aryl methyl sites for hydroxylation is 1. The lowest BCUT2D eigenvalue weighted by molar-refractivity contribution is 0.301. The van der Waals surface area contributed by atoms with Crippen LogP contribution >= 0.6 is 12.2 Å². The van der Waals surface area contributed by atoms with E-state index in [1.807, 2.05) is 12.1 Å². The van der Waals surface area contributed by atoms with Gasteiger partial charge in [-0.3, -0.25) is 0 Å². The smallest absolute Gasteiger partial charge is 0.170 e. The summed E-state index contributed by atoms with van der Waals surface area (Å²) >= 11 is 5.05. The lowest BCUT2D eigenvalue weighted by Gasteiger charge is -2.09. The molecule has 3 nitrogen and oxygen atoms in total. The first-order valence-corrected chi connectivity index (χ1v) is 5.91. The molecular formula is C12H18N2OS. The maximum atomic E-state index is 8.63. The molecule has 0 heterocycles. The molecule has 16 heavy (non-hydrogen) atoms. The minimum Gasteiger partial charge on any atom is -0.395 e. The van der Waals surface area contributed by atoms with E-state index >= 15 is 0 Å². The number of thiocarbonyl (C=S) groups is 1. The highest BCUT2D eigenvalue weighted by Crippen LogP contribution is 2.10. The van der Waals surface area contributed by atoms with Gasteiger partial charge in [-0.1, -0.05) is 25.5 Å². The highest BCUT2D eigenvalue weighted by atomic mass is 32.1. The number of rotatable bonds is 5. The van der Waals surface area contributed by atoms with E-state index in [4.69, 9.17) is 17.3 Å². The lowest BCUT2D eigenvalue weighted by Crippen LogP contribution is -2.30. The second-order valence-electron chi connectivity index (χ2n) is 3.55. The Kier molecular flexibility index (Phi) is 5.82. The van der Waals surface area contributed by atoms with Gasteiger partial charge in [0.1, 0.15) is 0 Å². The van der Waals surface area contributed by atoms with Crippen molar-refractivity contribution in [2.45, 2.75) is 19.8 Å². The van der Waals surface area contributed by atoms with E-state index in [9.17, 15) is 0 Å². The predicted octanol–water partition coefficient (Wildman–Crippen LogP) is 1.92. The number of benzene rings is 1. The van der Waals surface area contributed by atoms with Crippen molar-refractivity contribution < 1.29 is 5.11 Å². The van der Waals surface area contributed by atoms with Crippen LogP contribution in [0.25, 0.3) is 0 Å². The molecule has 1 rings (SSSR count). The summed E-state index contributed by atoms with van der Waals surface area (Å²) in [7, 11) is 0. The van der Waals surface area contributed by atoms with Gasteiger partial charge in [-0.15, -0.1) is 0 Å². The second kappa shape index (κ2) is 7.19. The Labute approximate surface area is 102 Å². The van der Waals surface area contributed by atoms with Gasteiger partial charge in [0.15, 0.2) is 5.11 Å². The Balaban J connectivity index is 2.45. The van der Waals surface area contributed by atoms with Crippen LogP contribution in [0.2, 0.25) is 0 Å². The molecule has 1 aromatic rings. The topological polar surface area (TPSA) is 44.3 Å². The van der Waals surface area contributed by atoms with Crippen LogP contribution < -0.4 is 10.6 Å². The summed E-state index contributed by atoms with van der Waals surface area (Å²) < 4.78 is 0. The second-order valence-corrected chi connectivity index (χ2v) is 3.96. The number of nitrogens with one attached hydrogen (secondary N) is 2. The molecule has 0 aliphatic heterocycles. The fourth-order valence-corrected chi connectivity index (χ4v) is 1.61. The molecule has 0 saturated heterocycles. The largest absolute Gasteiger partial charge is 0.395 e. The van der Waals surface area contributed by atoms with Gasteiger partial charge in [0, 0.05) is 12.2 Å². The summed E-state index contributed by atoms with van der Waals surface area (Å²) in [5.41, 5.74) is 2.30. The van der Waals surface area contributed by atoms with E-state index in [2.05, 4.69) is 29.7 Å². The van der Waals surface area contributed by atoms with Gasteiger partial charge >= 0.3 is 0 Å². The van der Waals surface area contributed by atoms with Crippen LogP contribution in [0.15, 0.2) is 24.3 Å². The normalized spacial score (nSPS) is 9.88. The third kappa shape index (κ3) is 4.59. The molecule has 3 N–H and O–H groups in total. The molecule has 0 saturated carbocycles. The maximum Gasteiger partial charge on any atom is 0.170 e. The number of aliphatic hydroxyl groups excluding tert-OH is 1. The van der Waals surface area contributed by atoms with Gasteiger partial charge in [-0.05, 0) is 36.3 Å². The summed E-state index contributed by atoms with van der Waals surface area (Å²) in [6.45, 7) is 2.72. The molecule has 1 aromatic carbocycles. The molecule has 0 spiro atoms. The summed E-state index contributed by atoms with van der Waals surface area (Å²) in [5, 5.41) is 15.1. The number of hydrogen-bond acceptors (Lipinski definition) is 2. The monoisotopic (exact) mass is 238 g/mol. The zero-order valence-corrected chi connectivity index (χ0v) is 10.3. The molecule has 4 heteroatoms. The van der Waals surface area contributed by atoms with Gasteiger partial charge in [0.25, 0.3) is 0 Å². The van der Waals surface area contributed by atoms with Gasteiger partial charge in [-0.25, -0.2) is 0 Å². The minimum atomic E-state index is 0.0806. The molecule has 0 fully saturated rings. The van der Waals surface area contributed by atoms with E-state index in [0.717, 1.165) is 18.5 Å². The number of anilines is 1.